The maximum absolute atomic E-state index is 12.9. The van der Waals surface area contributed by atoms with E-state index in [0.29, 0.717) is 22.9 Å². The highest BCUT2D eigenvalue weighted by atomic mass is 32.2. The van der Waals surface area contributed by atoms with Crippen LogP contribution in [-0.2, 0) is 17.4 Å². The van der Waals surface area contributed by atoms with Crippen molar-refractivity contribution in [1.29, 1.82) is 0 Å². The lowest BCUT2D eigenvalue weighted by Crippen LogP contribution is -2.25. The van der Waals surface area contributed by atoms with Crippen LogP contribution >= 0.6 is 11.8 Å². The Bertz CT molecular complexity index is 1140. The molecule has 5 nitrogen and oxygen atoms in total. The molecule has 2 aromatic carbocycles. The highest BCUT2D eigenvalue weighted by Crippen LogP contribution is 2.32. The summed E-state index contributed by atoms with van der Waals surface area (Å²) in [5.74, 6) is 0.478. The van der Waals surface area contributed by atoms with Gasteiger partial charge >= 0.3 is 6.18 Å². The topological polar surface area (TPSA) is 67.0 Å². The average Bonchev–Trinajstić information content (AvgIpc) is 3.35. The average molecular weight is 443 g/mol. The minimum Gasteiger partial charge on any atom is -0.455 e. The third-order valence-corrected chi connectivity index (χ3v) is 5.55. The standard InChI is InChI=1S/C22H16F3N3O2S/c23-22(24,25)16-8-4-7-15(12-16)18-10-9-17(30-18)13-26-28-21-27-20(29)19(31-21)11-14-5-2-1-3-6-14/h1-10,12-13,19H,11H2,(H,27,28,29)/b26-13+. The largest absolute Gasteiger partial charge is 0.455 e. The predicted molar refractivity (Wildman–Crippen MR) is 114 cm³/mol. The van der Waals surface area contributed by atoms with Gasteiger partial charge in [0.25, 0.3) is 0 Å². The van der Waals surface area contributed by atoms with Gasteiger partial charge in [-0.25, -0.2) is 0 Å². The zero-order chi connectivity index (χ0) is 21.8. The summed E-state index contributed by atoms with van der Waals surface area (Å²) in [6.45, 7) is 0. The maximum Gasteiger partial charge on any atom is 0.416 e. The number of amidine groups is 1. The Morgan fingerprint density at radius 3 is 2.65 bits per heavy atom. The van der Waals surface area contributed by atoms with Crippen molar-refractivity contribution in [1.82, 2.24) is 5.32 Å². The number of alkyl halides is 3. The van der Waals surface area contributed by atoms with Crippen LogP contribution in [0.25, 0.3) is 11.3 Å². The van der Waals surface area contributed by atoms with E-state index in [-0.39, 0.29) is 16.9 Å². The van der Waals surface area contributed by atoms with Crippen LogP contribution < -0.4 is 5.32 Å². The molecular weight excluding hydrogens is 427 g/mol. The number of nitrogens with one attached hydrogen (secondary N) is 1. The first-order chi connectivity index (χ1) is 14.9. The molecule has 1 atom stereocenters. The molecule has 1 fully saturated rings. The van der Waals surface area contributed by atoms with Crippen LogP contribution in [0.5, 0.6) is 0 Å². The number of amides is 1. The van der Waals surface area contributed by atoms with Crippen molar-refractivity contribution in [3.05, 3.63) is 83.6 Å². The van der Waals surface area contributed by atoms with Crippen LogP contribution in [0, 0.1) is 0 Å². The van der Waals surface area contributed by atoms with Gasteiger partial charge in [-0.15, -0.1) is 5.10 Å². The van der Waals surface area contributed by atoms with Gasteiger partial charge in [-0.3, -0.25) is 4.79 Å². The highest BCUT2D eigenvalue weighted by molar-refractivity contribution is 8.15. The Labute approximate surface area is 180 Å². The van der Waals surface area contributed by atoms with E-state index in [1.807, 2.05) is 30.3 Å². The van der Waals surface area contributed by atoms with Crippen molar-refractivity contribution in [3.63, 3.8) is 0 Å². The summed E-state index contributed by atoms with van der Waals surface area (Å²) in [6.07, 6.45) is -2.51. The molecule has 0 spiro atoms. The molecule has 1 unspecified atom stereocenters. The molecule has 1 N–H and O–H groups in total. The summed E-state index contributed by atoms with van der Waals surface area (Å²) < 4.78 is 44.2. The minimum atomic E-state index is -4.43. The Morgan fingerprint density at radius 1 is 1.06 bits per heavy atom. The molecule has 0 bridgehead atoms. The Morgan fingerprint density at radius 2 is 1.87 bits per heavy atom. The van der Waals surface area contributed by atoms with Crippen molar-refractivity contribution >= 4 is 29.1 Å². The highest BCUT2D eigenvalue weighted by Gasteiger charge is 2.31. The molecule has 2 heterocycles. The second-order valence-electron chi connectivity index (χ2n) is 6.72. The van der Waals surface area contributed by atoms with E-state index in [9.17, 15) is 18.0 Å². The summed E-state index contributed by atoms with van der Waals surface area (Å²) in [5.41, 5.74) is 0.614. The van der Waals surface area contributed by atoms with E-state index in [0.717, 1.165) is 17.7 Å². The quantitative estimate of drug-likeness (QED) is 0.439. The van der Waals surface area contributed by atoms with Crippen LogP contribution in [0.2, 0.25) is 0 Å². The zero-order valence-corrected chi connectivity index (χ0v) is 16.8. The number of hydrogen-bond donors (Lipinski definition) is 1. The molecular formula is C22H16F3N3O2S. The molecule has 3 aromatic rings. The van der Waals surface area contributed by atoms with E-state index in [1.54, 1.807) is 12.1 Å². The third kappa shape index (κ3) is 5.24. The van der Waals surface area contributed by atoms with Crippen LogP contribution in [0.3, 0.4) is 0 Å². The van der Waals surface area contributed by atoms with Crippen LogP contribution in [0.15, 0.2) is 81.4 Å². The molecule has 0 radical (unpaired) electrons. The smallest absolute Gasteiger partial charge is 0.416 e. The first kappa shape index (κ1) is 20.9. The molecule has 9 heteroatoms. The Hall–Kier alpha value is -3.33. The summed E-state index contributed by atoms with van der Waals surface area (Å²) in [4.78, 5) is 12.1. The first-order valence-electron chi connectivity index (χ1n) is 9.28. The predicted octanol–water partition coefficient (Wildman–Crippen LogP) is 5.13. The maximum atomic E-state index is 12.9. The van der Waals surface area contributed by atoms with Crippen LogP contribution in [0.1, 0.15) is 16.9 Å². The van der Waals surface area contributed by atoms with E-state index in [4.69, 9.17) is 4.42 Å². The Kier molecular flexibility index (Phi) is 5.94. The lowest BCUT2D eigenvalue weighted by atomic mass is 10.1. The van der Waals surface area contributed by atoms with Crippen molar-refractivity contribution < 1.29 is 22.4 Å². The molecule has 4 rings (SSSR count). The van der Waals surface area contributed by atoms with Gasteiger partial charge in [-0.2, -0.15) is 18.3 Å². The van der Waals surface area contributed by atoms with E-state index >= 15 is 0 Å². The zero-order valence-electron chi connectivity index (χ0n) is 16.0. The number of carbonyl (C=O) groups is 1. The number of furan rings is 1. The van der Waals surface area contributed by atoms with E-state index in [1.165, 1.54) is 30.1 Å². The monoisotopic (exact) mass is 443 g/mol. The second kappa shape index (κ2) is 8.81. The molecule has 31 heavy (non-hydrogen) atoms. The molecule has 1 aliphatic heterocycles. The van der Waals surface area contributed by atoms with Gasteiger partial charge in [-0.05, 0) is 36.2 Å². The molecule has 0 saturated carbocycles. The fraction of sp³-hybridized carbons (Fsp3) is 0.136. The molecule has 1 amide bonds. The number of hydrogen-bond acceptors (Lipinski definition) is 5. The molecule has 0 aliphatic carbocycles. The fourth-order valence-corrected chi connectivity index (χ4v) is 3.94. The van der Waals surface area contributed by atoms with E-state index in [2.05, 4.69) is 15.5 Å². The normalized spacial score (nSPS) is 18.1. The lowest BCUT2D eigenvalue weighted by molar-refractivity contribution is -0.137. The van der Waals surface area contributed by atoms with Gasteiger partial charge in [0.2, 0.25) is 5.91 Å². The van der Waals surface area contributed by atoms with Gasteiger partial charge in [0.1, 0.15) is 11.5 Å². The van der Waals surface area contributed by atoms with Crippen LogP contribution in [0.4, 0.5) is 13.2 Å². The summed E-state index contributed by atoms with van der Waals surface area (Å²) in [6, 6.07) is 17.7. The molecule has 1 aliphatic rings. The van der Waals surface area contributed by atoms with Crippen molar-refractivity contribution in [2.24, 2.45) is 10.2 Å². The fourth-order valence-electron chi connectivity index (χ4n) is 2.98. The first-order valence-corrected chi connectivity index (χ1v) is 10.2. The van der Waals surface area contributed by atoms with Crippen molar-refractivity contribution in [3.8, 4) is 11.3 Å². The van der Waals surface area contributed by atoms with Gasteiger partial charge in [0.05, 0.1) is 17.0 Å². The SMILES string of the molecule is O=C1N/C(=N\N=C\c2ccc(-c3cccc(C(F)(F)F)c3)o2)SC1Cc1ccccc1. The minimum absolute atomic E-state index is 0.132. The summed E-state index contributed by atoms with van der Waals surface area (Å²) in [7, 11) is 0. The van der Waals surface area contributed by atoms with Gasteiger partial charge < -0.3 is 9.73 Å². The van der Waals surface area contributed by atoms with Crippen molar-refractivity contribution in [2.75, 3.05) is 0 Å². The van der Waals surface area contributed by atoms with Gasteiger partial charge in [0, 0.05) is 5.56 Å². The molecule has 158 valence electrons. The lowest BCUT2D eigenvalue weighted by Gasteiger charge is -2.07. The van der Waals surface area contributed by atoms with E-state index < -0.39 is 11.7 Å². The number of nitrogens with zero attached hydrogens (tertiary/aromatic N) is 2. The number of carbonyl (C=O) groups excluding carboxylic acids is 1. The number of rotatable bonds is 5. The molecule has 1 saturated heterocycles. The number of halogens is 3. The van der Waals surface area contributed by atoms with Gasteiger partial charge in [-0.1, -0.05) is 54.2 Å². The van der Waals surface area contributed by atoms with Gasteiger partial charge in [0.15, 0.2) is 5.17 Å². The number of benzene rings is 2. The van der Waals surface area contributed by atoms with Crippen molar-refractivity contribution in [2.45, 2.75) is 17.8 Å². The third-order valence-electron chi connectivity index (χ3n) is 4.48. The summed E-state index contributed by atoms with van der Waals surface area (Å²) in [5, 5.41) is 10.7. The second-order valence-corrected chi connectivity index (χ2v) is 7.91. The summed E-state index contributed by atoms with van der Waals surface area (Å²) >= 11 is 1.29. The molecule has 1 aromatic heterocycles. The Balaban J connectivity index is 1.41. The van der Waals surface area contributed by atoms with Crippen LogP contribution in [-0.4, -0.2) is 22.5 Å². The number of thioether (sulfide) groups is 1.